The van der Waals surface area contributed by atoms with Crippen LogP contribution in [0.1, 0.15) is 28.4 Å². The van der Waals surface area contributed by atoms with E-state index >= 15 is 0 Å². The maximum atomic E-state index is 12.1. The van der Waals surface area contributed by atoms with Crippen LogP contribution in [0.25, 0.3) is 0 Å². The summed E-state index contributed by atoms with van der Waals surface area (Å²) in [7, 11) is 0. The Morgan fingerprint density at radius 2 is 1.65 bits per heavy atom. The average molecular weight is 265 g/mol. The van der Waals surface area contributed by atoms with Gasteiger partial charge < -0.3 is 5.32 Å². The molecule has 20 heavy (non-hydrogen) atoms. The van der Waals surface area contributed by atoms with Crippen LogP contribution in [0.2, 0.25) is 0 Å². The van der Waals surface area contributed by atoms with Crippen molar-refractivity contribution in [3.8, 4) is 0 Å². The number of carbonyl (C=O) groups excluding carboxylic acids is 1. The highest BCUT2D eigenvalue weighted by atomic mass is 16.1. The second kappa shape index (κ2) is 6.20. The molecule has 0 spiro atoms. The first kappa shape index (κ1) is 14.1. The summed E-state index contributed by atoms with van der Waals surface area (Å²) in [5.41, 5.74) is 4.88. The van der Waals surface area contributed by atoms with Gasteiger partial charge >= 0.3 is 0 Å². The van der Waals surface area contributed by atoms with Crippen LogP contribution in [-0.2, 0) is 0 Å². The lowest BCUT2D eigenvalue weighted by atomic mass is 10.1. The van der Waals surface area contributed by atoms with Gasteiger partial charge in [-0.1, -0.05) is 48.0 Å². The molecule has 0 saturated carbocycles. The Balaban J connectivity index is 2.12. The number of benzene rings is 2. The van der Waals surface area contributed by atoms with E-state index in [0.29, 0.717) is 5.56 Å². The molecule has 0 unspecified atom stereocenters. The lowest BCUT2D eigenvalue weighted by Gasteiger charge is -2.09. The molecule has 0 fully saturated rings. The van der Waals surface area contributed by atoms with Gasteiger partial charge in [-0.05, 0) is 32.4 Å². The number of para-hydroxylation sites is 1. The smallest absolute Gasteiger partial charge is 0.187 e. The third kappa shape index (κ3) is 3.58. The minimum Gasteiger partial charge on any atom is -0.359 e. The summed E-state index contributed by atoms with van der Waals surface area (Å²) in [6, 6.07) is 15.6. The molecule has 0 aliphatic carbocycles. The zero-order valence-electron chi connectivity index (χ0n) is 12.1. The van der Waals surface area contributed by atoms with Gasteiger partial charge in [0.1, 0.15) is 0 Å². The molecule has 0 aliphatic heterocycles. The van der Waals surface area contributed by atoms with Crippen LogP contribution >= 0.6 is 0 Å². The van der Waals surface area contributed by atoms with Crippen LogP contribution in [0, 0.1) is 13.8 Å². The molecule has 0 radical (unpaired) electrons. The first-order valence-corrected chi connectivity index (χ1v) is 6.68. The predicted octanol–water partition coefficient (Wildman–Crippen LogP) is 4.50. The van der Waals surface area contributed by atoms with E-state index in [1.807, 2.05) is 69.3 Å². The number of anilines is 1. The Kier molecular flexibility index (Phi) is 4.36. The summed E-state index contributed by atoms with van der Waals surface area (Å²) in [5, 5.41) is 3.26. The average Bonchev–Trinajstić information content (AvgIpc) is 2.42. The SMILES string of the molecule is C/C(=C\C(=O)c1ccc(C)cc1)Nc1ccccc1C. The predicted molar refractivity (Wildman–Crippen MR) is 84.1 cm³/mol. The van der Waals surface area contributed by atoms with Crippen molar-refractivity contribution in [2.75, 3.05) is 5.32 Å². The normalized spacial score (nSPS) is 11.2. The zero-order chi connectivity index (χ0) is 14.5. The lowest BCUT2D eigenvalue weighted by molar-refractivity contribution is 0.104. The summed E-state index contributed by atoms with van der Waals surface area (Å²) in [6.07, 6.45) is 1.64. The molecule has 0 aliphatic rings. The monoisotopic (exact) mass is 265 g/mol. The Labute approximate surface area is 120 Å². The Hall–Kier alpha value is -2.35. The molecule has 0 atom stereocenters. The molecule has 0 bridgehead atoms. The van der Waals surface area contributed by atoms with Crippen LogP contribution in [0.4, 0.5) is 5.69 Å². The first-order valence-electron chi connectivity index (χ1n) is 6.68. The van der Waals surface area contributed by atoms with Gasteiger partial charge in [0.25, 0.3) is 0 Å². The van der Waals surface area contributed by atoms with Crippen LogP contribution < -0.4 is 5.32 Å². The summed E-state index contributed by atoms with van der Waals surface area (Å²) in [4.78, 5) is 12.1. The van der Waals surface area contributed by atoms with Crippen LogP contribution in [0.3, 0.4) is 0 Å². The van der Waals surface area contributed by atoms with Gasteiger partial charge in [-0.3, -0.25) is 4.79 Å². The minimum absolute atomic E-state index is 0.0172. The Morgan fingerprint density at radius 3 is 2.30 bits per heavy atom. The van der Waals surface area contributed by atoms with Crippen molar-refractivity contribution in [2.45, 2.75) is 20.8 Å². The zero-order valence-corrected chi connectivity index (χ0v) is 12.1. The van der Waals surface area contributed by atoms with E-state index in [1.54, 1.807) is 6.08 Å². The molecule has 1 N–H and O–H groups in total. The number of aryl methyl sites for hydroxylation is 2. The molecule has 0 amide bonds. The largest absolute Gasteiger partial charge is 0.359 e. The summed E-state index contributed by atoms with van der Waals surface area (Å²) >= 11 is 0. The van der Waals surface area contributed by atoms with Crippen molar-refractivity contribution >= 4 is 11.5 Å². The van der Waals surface area contributed by atoms with Crippen LogP contribution in [0.5, 0.6) is 0 Å². The fourth-order valence-corrected chi connectivity index (χ4v) is 1.96. The summed E-state index contributed by atoms with van der Waals surface area (Å²) < 4.78 is 0. The molecular weight excluding hydrogens is 246 g/mol. The minimum atomic E-state index is 0.0172. The molecule has 0 heterocycles. The molecule has 0 aromatic heterocycles. The third-order valence-electron chi connectivity index (χ3n) is 3.16. The topological polar surface area (TPSA) is 29.1 Å². The second-order valence-electron chi connectivity index (χ2n) is 5.00. The van der Waals surface area contributed by atoms with E-state index in [1.165, 1.54) is 0 Å². The van der Waals surface area contributed by atoms with Gasteiger partial charge in [-0.15, -0.1) is 0 Å². The maximum absolute atomic E-state index is 12.1. The molecule has 2 heteroatoms. The number of allylic oxidation sites excluding steroid dienone is 2. The van der Waals surface area contributed by atoms with E-state index in [-0.39, 0.29) is 5.78 Å². The van der Waals surface area contributed by atoms with Gasteiger partial charge in [0.05, 0.1) is 0 Å². The van der Waals surface area contributed by atoms with Crippen molar-refractivity contribution in [3.63, 3.8) is 0 Å². The van der Waals surface area contributed by atoms with E-state index in [9.17, 15) is 4.79 Å². The molecule has 102 valence electrons. The number of hydrogen-bond acceptors (Lipinski definition) is 2. The maximum Gasteiger partial charge on any atom is 0.187 e. The molecule has 2 aromatic rings. The quantitative estimate of drug-likeness (QED) is 0.651. The molecular formula is C18H19NO. The van der Waals surface area contributed by atoms with Crippen LogP contribution in [-0.4, -0.2) is 5.78 Å². The lowest BCUT2D eigenvalue weighted by Crippen LogP contribution is -2.02. The second-order valence-corrected chi connectivity index (χ2v) is 5.00. The van der Waals surface area contributed by atoms with Gasteiger partial charge in [-0.2, -0.15) is 0 Å². The fourth-order valence-electron chi connectivity index (χ4n) is 1.96. The Bertz CT molecular complexity index is 639. The van der Waals surface area contributed by atoms with Gasteiger partial charge in [0, 0.05) is 23.0 Å². The van der Waals surface area contributed by atoms with Crippen molar-refractivity contribution in [1.29, 1.82) is 0 Å². The van der Waals surface area contributed by atoms with Gasteiger partial charge in [0.2, 0.25) is 0 Å². The van der Waals surface area contributed by atoms with Gasteiger partial charge in [-0.25, -0.2) is 0 Å². The molecule has 0 saturated heterocycles. The van der Waals surface area contributed by atoms with E-state index in [2.05, 4.69) is 5.32 Å². The molecule has 2 rings (SSSR count). The van der Waals surface area contributed by atoms with E-state index < -0.39 is 0 Å². The number of rotatable bonds is 4. The Morgan fingerprint density at radius 1 is 1.00 bits per heavy atom. The number of carbonyl (C=O) groups is 1. The van der Waals surface area contributed by atoms with Gasteiger partial charge in [0.15, 0.2) is 5.78 Å². The number of hydrogen-bond donors (Lipinski definition) is 1. The van der Waals surface area contributed by atoms with Crippen molar-refractivity contribution < 1.29 is 4.79 Å². The highest BCUT2D eigenvalue weighted by Gasteiger charge is 2.03. The molecule has 2 nitrogen and oxygen atoms in total. The number of nitrogens with one attached hydrogen (secondary N) is 1. The molecule has 2 aromatic carbocycles. The van der Waals surface area contributed by atoms with Crippen molar-refractivity contribution in [1.82, 2.24) is 0 Å². The third-order valence-corrected chi connectivity index (χ3v) is 3.16. The summed E-state index contributed by atoms with van der Waals surface area (Å²) in [5.74, 6) is 0.0172. The highest BCUT2D eigenvalue weighted by molar-refractivity contribution is 6.05. The standard InChI is InChI=1S/C18H19NO/c1-13-8-10-16(11-9-13)18(20)12-15(3)19-17-7-5-4-6-14(17)2/h4-12,19H,1-3H3/b15-12+. The van der Waals surface area contributed by atoms with Crippen LogP contribution in [0.15, 0.2) is 60.3 Å². The van der Waals surface area contributed by atoms with E-state index in [4.69, 9.17) is 0 Å². The fraction of sp³-hybridized carbons (Fsp3) is 0.167. The van der Waals surface area contributed by atoms with E-state index in [0.717, 1.165) is 22.5 Å². The number of ketones is 1. The van der Waals surface area contributed by atoms with Crippen molar-refractivity contribution in [2.24, 2.45) is 0 Å². The first-order chi connectivity index (χ1) is 9.56. The highest BCUT2D eigenvalue weighted by Crippen LogP contribution is 2.16. The summed E-state index contributed by atoms with van der Waals surface area (Å²) in [6.45, 7) is 5.95. The van der Waals surface area contributed by atoms with Crippen molar-refractivity contribution in [3.05, 3.63) is 77.0 Å².